The molecular formula is C28H21Cl3F2N2. The first-order chi connectivity index (χ1) is 16.5. The number of benzene rings is 3. The van der Waals surface area contributed by atoms with Gasteiger partial charge in [0.25, 0.3) is 0 Å². The molecule has 0 aliphatic heterocycles. The lowest BCUT2D eigenvalue weighted by molar-refractivity contribution is 0.629. The van der Waals surface area contributed by atoms with Crippen LogP contribution in [0.2, 0.25) is 15.2 Å². The van der Waals surface area contributed by atoms with Crippen molar-refractivity contribution in [3.05, 3.63) is 104 Å². The van der Waals surface area contributed by atoms with Crippen LogP contribution in [0.5, 0.6) is 0 Å². The number of aromatic nitrogens is 2. The minimum atomic E-state index is -0.346. The largest absolute Gasteiger partial charge is 0.247 e. The molecule has 0 saturated heterocycles. The summed E-state index contributed by atoms with van der Waals surface area (Å²) >= 11 is 18.3. The maximum atomic E-state index is 13.4. The fourth-order valence-electron chi connectivity index (χ4n) is 3.95. The van der Waals surface area contributed by atoms with Crippen LogP contribution in [0.25, 0.3) is 33.1 Å². The smallest absolute Gasteiger partial charge is 0.134 e. The normalized spacial score (nSPS) is 11.0. The van der Waals surface area contributed by atoms with Gasteiger partial charge in [-0.2, -0.15) is 0 Å². The lowest BCUT2D eigenvalue weighted by Gasteiger charge is -2.12. The average molecular weight is 530 g/mol. The van der Waals surface area contributed by atoms with Crippen molar-refractivity contribution in [2.45, 2.75) is 27.7 Å². The second-order valence-corrected chi connectivity index (χ2v) is 9.55. The SMILES string of the molecule is Cc1c(Cl)nc2cc(F)ccc2c1Cl.Cc1cc(C)cc(-c2nc3cc(F)ccc3c(Cl)c2C)c1. The monoisotopic (exact) mass is 528 g/mol. The van der Waals surface area contributed by atoms with Crippen LogP contribution in [0.4, 0.5) is 8.78 Å². The first-order valence-corrected chi connectivity index (χ1v) is 11.9. The van der Waals surface area contributed by atoms with Crippen LogP contribution in [0.3, 0.4) is 0 Å². The highest BCUT2D eigenvalue weighted by Crippen LogP contribution is 2.34. The Morgan fingerprint density at radius 2 is 1.09 bits per heavy atom. The summed E-state index contributed by atoms with van der Waals surface area (Å²) in [5, 5.41) is 2.97. The van der Waals surface area contributed by atoms with Gasteiger partial charge in [-0.15, -0.1) is 0 Å². The van der Waals surface area contributed by atoms with Crippen LogP contribution in [0.15, 0.2) is 54.6 Å². The van der Waals surface area contributed by atoms with E-state index in [0.29, 0.717) is 31.8 Å². The van der Waals surface area contributed by atoms with Gasteiger partial charge in [-0.3, -0.25) is 0 Å². The van der Waals surface area contributed by atoms with Gasteiger partial charge in [-0.05, 0) is 69.7 Å². The molecule has 0 atom stereocenters. The van der Waals surface area contributed by atoms with E-state index in [4.69, 9.17) is 34.8 Å². The summed E-state index contributed by atoms with van der Waals surface area (Å²) < 4.78 is 26.3. The third-order valence-corrected chi connectivity index (χ3v) is 7.00. The van der Waals surface area contributed by atoms with Gasteiger partial charge in [0, 0.05) is 34.0 Å². The fourth-order valence-corrected chi connectivity index (χ4v) is 4.68. The first-order valence-electron chi connectivity index (χ1n) is 10.8. The number of hydrogen-bond donors (Lipinski definition) is 0. The van der Waals surface area contributed by atoms with E-state index >= 15 is 0 Å². The van der Waals surface area contributed by atoms with E-state index in [1.165, 1.54) is 35.4 Å². The molecule has 0 spiro atoms. The Labute approximate surface area is 217 Å². The van der Waals surface area contributed by atoms with Gasteiger partial charge in [-0.25, -0.2) is 18.7 Å². The van der Waals surface area contributed by atoms with E-state index in [2.05, 4.69) is 28.2 Å². The summed E-state index contributed by atoms with van der Waals surface area (Å²) in [7, 11) is 0. The Kier molecular flexibility index (Phi) is 7.27. The number of rotatable bonds is 1. The van der Waals surface area contributed by atoms with Crippen LogP contribution < -0.4 is 0 Å². The molecule has 0 N–H and O–H groups in total. The van der Waals surface area contributed by atoms with Crippen molar-refractivity contribution in [1.29, 1.82) is 0 Å². The maximum absolute atomic E-state index is 13.4. The summed E-state index contributed by atoms with van der Waals surface area (Å²) in [6, 6.07) is 15.0. The van der Waals surface area contributed by atoms with Gasteiger partial charge in [-0.1, -0.05) is 52.0 Å². The molecular weight excluding hydrogens is 509 g/mol. The molecule has 7 heteroatoms. The van der Waals surface area contributed by atoms with Crippen LogP contribution in [-0.2, 0) is 0 Å². The van der Waals surface area contributed by atoms with E-state index in [0.717, 1.165) is 27.6 Å². The molecule has 0 bridgehead atoms. The molecule has 0 fully saturated rings. The van der Waals surface area contributed by atoms with Gasteiger partial charge in [0.1, 0.15) is 16.8 Å². The fraction of sp³-hybridized carbons (Fsp3) is 0.143. The van der Waals surface area contributed by atoms with Gasteiger partial charge >= 0.3 is 0 Å². The standard InChI is InChI=1S/C18H15ClFN.C10H6Cl2FN/c1-10-6-11(2)8-13(7-10)18-12(3)17(19)15-5-4-14(20)9-16(15)21-18;1-5-9(11)7-3-2-6(13)4-8(7)14-10(5)12/h4-9H,1-3H3;2-4H,1H3. The number of aryl methyl sites for hydroxylation is 2. The Morgan fingerprint density at radius 3 is 1.63 bits per heavy atom. The predicted octanol–water partition coefficient (Wildman–Crippen LogP) is 9.61. The molecule has 5 aromatic rings. The third-order valence-electron chi connectivity index (χ3n) is 5.66. The zero-order valence-corrected chi connectivity index (χ0v) is 21.7. The van der Waals surface area contributed by atoms with E-state index in [1.807, 2.05) is 20.8 Å². The Morgan fingerprint density at radius 1 is 0.600 bits per heavy atom. The second kappa shape index (κ2) is 10.1. The van der Waals surface area contributed by atoms with Gasteiger partial charge < -0.3 is 0 Å². The number of hydrogen-bond acceptors (Lipinski definition) is 2. The molecule has 35 heavy (non-hydrogen) atoms. The highest BCUT2D eigenvalue weighted by Gasteiger charge is 2.13. The minimum Gasteiger partial charge on any atom is -0.247 e. The molecule has 3 aromatic carbocycles. The summed E-state index contributed by atoms with van der Waals surface area (Å²) in [6.45, 7) is 7.83. The summed E-state index contributed by atoms with van der Waals surface area (Å²) in [5.41, 5.74) is 6.85. The summed E-state index contributed by atoms with van der Waals surface area (Å²) in [5.74, 6) is -0.651. The van der Waals surface area contributed by atoms with E-state index in [9.17, 15) is 8.78 Å². The highest BCUT2D eigenvalue weighted by molar-refractivity contribution is 6.39. The van der Waals surface area contributed by atoms with Crippen LogP contribution in [0.1, 0.15) is 22.3 Å². The Balaban J connectivity index is 0.000000179. The van der Waals surface area contributed by atoms with Gasteiger partial charge in [0.05, 0.1) is 26.8 Å². The van der Waals surface area contributed by atoms with Crippen LogP contribution in [-0.4, -0.2) is 9.97 Å². The van der Waals surface area contributed by atoms with Crippen LogP contribution in [0, 0.1) is 39.3 Å². The van der Waals surface area contributed by atoms with Crippen molar-refractivity contribution < 1.29 is 8.78 Å². The molecule has 2 aromatic heterocycles. The van der Waals surface area contributed by atoms with Crippen molar-refractivity contribution in [2.75, 3.05) is 0 Å². The van der Waals surface area contributed by atoms with E-state index in [1.54, 1.807) is 19.1 Å². The zero-order valence-electron chi connectivity index (χ0n) is 19.5. The third kappa shape index (κ3) is 5.25. The first kappa shape index (κ1) is 25.3. The predicted molar refractivity (Wildman–Crippen MR) is 143 cm³/mol. The van der Waals surface area contributed by atoms with Gasteiger partial charge in [0.15, 0.2) is 0 Å². The Hall–Kier alpha value is -2.79. The summed E-state index contributed by atoms with van der Waals surface area (Å²) in [4.78, 5) is 8.66. The maximum Gasteiger partial charge on any atom is 0.134 e. The summed E-state index contributed by atoms with van der Waals surface area (Å²) in [6.07, 6.45) is 0. The molecule has 0 radical (unpaired) electrons. The lowest BCUT2D eigenvalue weighted by Crippen LogP contribution is -1.94. The Bertz CT molecular complexity index is 1580. The number of fused-ring (bicyclic) bond motifs is 2. The molecule has 0 unspecified atom stereocenters. The molecule has 0 amide bonds. The molecule has 178 valence electrons. The van der Waals surface area contributed by atoms with Crippen molar-refractivity contribution in [1.82, 2.24) is 9.97 Å². The molecule has 2 heterocycles. The number of pyridine rings is 2. The van der Waals surface area contributed by atoms with Crippen LogP contribution >= 0.6 is 34.8 Å². The highest BCUT2D eigenvalue weighted by atomic mass is 35.5. The van der Waals surface area contributed by atoms with Crippen molar-refractivity contribution >= 4 is 56.6 Å². The van der Waals surface area contributed by atoms with Crippen molar-refractivity contribution in [3.8, 4) is 11.3 Å². The van der Waals surface area contributed by atoms with Crippen molar-refractivity contribution in [3.63, 3.8) is 0 Å². The van der Waals surface area contributed by atoms with E-state index in [-0.39, 0.29) is 11.6 Å². The van der Waals surface area contributed by atoms with Crippen molar-refractivity contribution in [2.24, 2.45) is 0 Å². The molecule has 2 nitrogen and oxygen atoms in total. The number of halogens is 5. The topological polar surface area (TPSA) is 25.8 Å². The molecule has 0 saturated carbocycles. The van der Waals surface area contributed by atoms with E-state index < -0.39 is 0 Å². The minimum absolute atomic E-state index is 0.304. The second-order valence-electron chi connectivity index (χ2n) is 8.44. The quantitative estimate of drug-likeness (QED) is 0.202. The number of nitrogens with zero attached hydrogens (tertiary/aromatic N) is 2. The lowest BCUT2D eigenvalue weighted by atomic mass is 10.0. The molecule has 0 aliphatic rings. The molecule has 5 rings (SSSR count). The zero-order chi connectivity index (χ0) is 25.4. The van der Waals surface area contributed by atoms with Gasteiger partial charge in [0.2, 0.25) is 0 Å². The average Bonchev–Trinajstić information content (AvgIpc) is 2.79. The molecule has 0 aliphatic carbocycles.